The normalized spacial score (nSPS) is 13.4. The van der Waals surface area contributed by atoms with E-state index in [-0.39, 0.29) is 13.0 Å². The molecule has 3 N–H and O–H groups in total. The molecular formula is C13H17NO5. The van der Waals surface area contributed by atoms with Gasteiger partial charge in [-0.15, -0.1) is 0 Å². The van der Waals surface area contributed by atoms with E-state index in [1.165, 1.54) is 14.0 Å². The fourth-order valence-electron chi connectivity index (χ4n) is 1.44. The summed E-state index contributed by atoms with van der Waals surface area (Å²) in [5.74, 6) is -1.12. The molecule has 0 saturated heterocycles. The first-order valence-electron chi connectivity index (χ1n) is 5.71. The fraction of sp³-hybridized carbons (Fsp3) is 0.385. The average Bonchev–Trinajstić information content (AvgIpc) is 2.38. The van der Waals surface area contributed by atoms with Crippen LogP contribution in [0.2, 0.25) is 0 Å². The second-order valence-electron chi connectivity index (χ2n) is 4.25. The molecule has 104 valence electrons. The number of carboxylic acids is 1. The van der Waals surface area contributed by atoms with Crippen LogP contribution < -0.4 is 15.2 Å². The van der Waals surface area contributed by atoms with Crippen molar-refractivity contribution < 1.29 is 24.2 Å². The van der Waals surface area contributed by atoms with Crippen molar-refractivity contribution >= 4 is 11.9 Å². The Kier molecular flexibility index (Phi) is 4.74. The Morgan fingerprint density at radius 3 is 2.37 bits per heavy atom. The zero-order chi connectivity index (χ0) is 14.5. The molecule has 0 bridgehead atoms. The van der Waals surface area contributed by atoms with Gasteiger partial charge in [0, 0.05) is 6.42 Å². The van der Waals surface area contributed by atoms with Crippen LogP contribution in [0, 0.1) is 5.41 Å². The van der Waals surface area contributed by atoms with E-state index in [1.54, 1.807) is 24.3 Å². The molecule has 0 aliphatic heterocycles. The van der Waals surface area contributed by atoms with Crippen LogP contribution in [0.4, 0.5) is 0 Å². The SMILES string of the molecule is COc1ccccc1OCCC(C)(C(N)=O)C(=O)O. The molecule has 6 nitrogen and oxygen atoms in total. The van der Waals surface area contributed by atoms with Crippen molar-refractivity contribution in [2.24, 2.45) is 11.1 Å². The van der Waals surface area contributed by atoms with Crippen LogP contribution in [-0.4, -0.2) is 30.7 Å². The van der Waals surface area contributed by atoms with Crippen LogP contribution in [0.15, 0.2) is 24.3 Å². The second kappa shape index (κ2) is 6.08. The second-order valence-corrected chi connectivity index (χ2v) is 4.25. The number of carbonyl (C=O) groups excluding carboxylic acids is 1. The molecule has 0 aliphatic rings. The number of carbonyl (C=O) groups is 2. The molecule has 0 radical (unpaired) electrons. The molecule has 1 rings (SSSR count). The van der Waals surface area contributed by atoms with Crippen LogP contribution in [0.1, 0.15) is 13.3 Å². The first-order valence-corrected chi connectivity index (χ1v) is 5.71. The number of amides is 1. The summed E-state index contributed by atoms with van der Waals surface area (Å²) >= 11 is 0. The summed E-state index contributed by atoms with van der Waals surface area (Å²) in [6, 6.07) is 6.97. The maximum absolute atomic E-state index is 11.2. The molecule has 1 amide bonds. The Labute approximate surface area is 111 Å². The lowest BCUT2D eigenvalue weighted by molar-refractivity contribution is -0.154. The van der Waals surface area contributed by atoms with Crippen LogP contribution >= 0.6 is 0 Å². The van der Waals surface area contributed by atoms with Gasteiger partial charge in [-0.3, -0.25) is 9.59 Å². The number of primary amides is 1. The third kappa shape index (κ3) is 3.37. The van der Waals surface area contributed by atoms with Crippen molar-refractivity contribution in [2.45, 2.75) is 13.3 Å². The van der Waals surface area contributed by atoms with E-state index >= 15 is 0 Å². The van der Waals surface area contributed by atoms with Gasteiger partial charge in [0.2, 0.25) is 5.91 Å². The Morgan fingerprint density at radius 1 is 1.32 bits per heavy atom. The minimum atomic E-state index is -1.64. The molecule has 0 saturated carbocycles. The zero-order valence-corrected chi connectivity index (χ0v) is 10.9. The van der Waals surface area contributed by atoms with Gasteiger partial charge >= 0.3 is 5.97 Å². The lowest BCUT2D eigenvalue weighted by Gasteiger charge is -2.21. The number of hydrogen-bond donors (Lipinski definition) is 2. The highest BCUT2D eigenvalue weighted by Gasteiger charge is 2.39. The van der Waals surface area contributed by atoms with Gasteiger partial charge in [0.1, 0.15) is 5.41 Å². The Balaban J connectivity index is 2.67. The standard InChI is InChI=1S/C13H17NO5/c1-13(11(14)15,12(16)17)7-8-19-10-6-4-3-5-9(10)18-2/h3-6H,7-8H2,1-2H3,(H2,14,15)(H,16,17). The number of para-hydroxylation sites is 2. The predicted octanol–water partition coefficient (Wildman–Crippen LogP) is 1.04. The highest BCUT2D eigenvalue weighted by atomic mass is 16.5. The first-order chi connectivity index (χ1) is 8.91. The van der Waals surface area contributed by atoms with Crippen molar-refractivity contribution in [1.82, 2.24) is 0 Å². The summed E-state index contributed by atoms with van der Waals surface area (Å²) in [4.78, 5) is 22.2. The van der Waals surface area contributed by atoms with Crippen LogP contribution in [0.3, 0.4) is 0 Å². The Morgan fingerprint density at radius 2 is 1.89 bits per heavy atom. The third-order valence-corrected chi connectivity index (χ3v) is 2.94. The molecule has 1 atom stereocenters. The maximum atomic E-state index is 11.2. The van der Waals surface area contributed by atoms with Gasteiger partial charge < -0.3 is 20.3 Å². The van der Waals surface area contributed by atoms with E-state index in [9.17, 15) is 9.59 Å². The van der Waals surface area contributed by atoms with Gasteiger partial charge in [-0.25, -0.2) is 0 Å². The van der Waals surface area contributed by atoms with Gasteiger partial charge in [0.15, 0.2) is 11.5 Å². The molecule has 0 spiro atoms. The fourth-order valence-corrected chi connectivity index (χ4v) is 1.44. The van der Waals surface area contributed by atoms with Gasteiger partial charge in [-0.1, -0.05) is 12.1 Å². The van der Waals surface area contributed by atoms with Crippen molar-refractivity contribution in [3.63, 3.8) is 0 Å². The van der Waals surface area contributed by atoms with Crippen LogP contribution in [0.5, 0.6) is 11.5 Å². The van der Waals surface area contributed by atoms with Crippen LogP contribution in [-0.2, 0) is 9.59 Å². The van der Waals surface area contributed by atoms with Gasteiger partial charge in [-0.05, 0) is 19.1 Å². The maximum Gasteiger partial charge on any atom is 0.319 e. The minimum absolute atomic E-state index is 0.0181. The largest absolute Gasteiger partial charge is 0.493 e. The summed E-state index contributed by atoms with van der Waals surface area (Å²) in [5.41, 5.74) is 3.47. The minimum Gasteiger partial charge on any atom is -0.493 e. The molecule has 1 aromatic carbocycles. The molecule has 0 aliphatic carbocycles. The lowest BCUT2D eigenvalue weighted by atomic mass is 9.86. The quantitative estimate of drug-likeness (QED) is 0.719. The summed E-state index contributed by atoms with van der Waals surface area (Å²) in [6.45, 7) is 1.33. The topological polar surface area (TPSA) is 98.9 Å². The molecule has 1 unspecified atom stereocenters. The number of benzene rings is 1. The molecule has 0 aromatic heterocycles. The van der Waals surface area contributed by atoms with Gasteiger partial charge in [0.25, 0.3) is 0 Å². The van der Waals surface area contributed by atoms with Gasteiger partial charge in [-0.2, -0.15) is 0 Å². The lowest BCUT2D eigenvalue weighted by Crippen LogP contribution is -2.42. The number of rotatable bonds is 7. The highest BCUT2D eigenvalue weighted by molar-refractivity contribution is 6.00. The zero-order valence-electron chi connectivity index (χ0n) is 10.9. The molecular weight excluding hydrogens is 250 g/mol. The number of nitrogens with two attached hydrogens (primary N) is 1. The molecule has 0 fully saturated rings. The molecule has 19 heavy (non-hydrogen) atoms. The number of ether oxygens (including phenoxy) is 2. The average molecular weight is 267 g/mol. The summed E-state index contributed by atoms with van der Waals surface area (Å²) in [5, 5.41) is 9.02. The van der Waals surface area contributed by atoms with E-state index < -0.39 is 17.3 Å². The van der Waals surface area contributed by atoms with E-state index in [2.05, 4.69) is 0 Å². The van der Waals surface area contributed by atoms with Crippen LogP contribution in [0.25, 0.3) is 0 Å². The Bertz CT molecular complexity index is 458. The monoisotopic (exact) mass is 267 g/mol. The smallest absolute Gasteiger partial charge is 0.319 e. The van der Waals surface area contributed by atoms with Crippen molar-refractivity contribution in [2.75, 3.05) is 13.7 Å². The van der Waals surface area contributed by atoms with Crippen molar-refractivity contribution in [3.05, 3.63) is 24.3 Å². The Hall–Kier alpha value is -2.24. The van der Waals surface area contributed by atoms with Crippen molar-refractivity contribution in [1.29, 1.82) is 0 Å². The molecule has 0 heterocycles. The summed E-state index contributed by atoms with van der Waals surface area (Å²) in [7, 11) is 1.51. The van der Waals surface area contributed by atoms with E-state index in [0.29, 0.717) is 11.5 Å². The number of carboxylic acid groups (broad SMARTS) is 1. The van der Waals surface area contributed by atoms with Crippen molar-refractivity contribution in [3.8, 4) is 11.5 Å². The molecule has 6 heteroatoms. The highest BCUT2D eigenvalue weighted by Crippen LogP contribution is 2.27. The van der Waals surface area contributed by atoms with Gasteiger partial charge in [0.05, 0.1) is 13.7 Å². The van der Waals surface area contributed by atoms with E-state index in [1.807, 2.05) is 0 Å². The first kappa shape index (κ1) is 14.8. The third-order valence-electron chi connectivity index (χ3n) is 2.94. The summed E-state index contributed by atoms with van der Waals surface area (Å²) in [6.07, 6.45) is -0.0181. The number of aliphatic carboxylic acids is 1. The number of methoxy groups -OCH3 is 1. The van der Waals surface area contributed by atoms with E-state index in [0.717, 1.165) is 0 Å². The predicted molar refractivity (Wildman–Crippen MR) is 68.0 cm³/mol. The molecule has 1 aromatic rings. The summed E-state index contributed by atoms with van der Waals surface area (Å²) < 4.78 is 10.5. The van der Waals surface area contributed by atoms with E-state index in [4.69, 9.17) is 20.3 Å². The number of hydrogen-bond acceptors (Lipinski definition) is 4.